The fourth-order valence-electron chi connectivity index (χ4n) is 2.39. The smallest absolute Gasteiger partial charge is 0.328 e. The van der Waals surface area contributed by atoms with E-state index in [0.717, 1.165) is 0 Å². The lowest BCUT2D eigenvalue weighted by Crippen LogP contribution is -2.58. The lowest BCUT2D eigenvalue weighted by molar-refractivity contribution is -0.144. The number of aliphatic hydroxyl groups is 1. The molecular weight excluding hydrogens is 462 g/mol. The van der Waals surface area contributed by atoms with Gasteiger partial charge in [-0.3, -0.25) is 24.2 Å². The standard InChI is InChI=1S/C17H31N7O8S/c18-8(2-1-5-21-17(19)20)13(28)24-11(7-33)15(30)22-9(3-4-12(26)27)14(29)23-10(6-25)16(31)32/h8-11,25,33H,1-7,18H2,(H,22,30)(H,23,29)(H,24,28)(H,26,27)(H,31,32)(H4,19,20,21). The average molecular weight is 494 g/mol. The quantitative estimate of drug-likeness (QED) is 0.0425. The topological polar surface area (TPSA) is 273 Å². The number of nitrogens with two attached hydrogens (primary N) is 3. The number of nitrogens with one attached hydrogen (secondary N) is 3. The van der Waals surface area contributed by atoms with Gasteiger partial charge in [-0.25, -0.2) is 4.79 Å². The Kier molecular flexibility index (Phi) is 14.2. The van der Waals surface area contributed by atoms with Crippen molar-refractivity contribution in [2.24, 2.45) is 22.2 Å². The van der Waals surface area contributed by atoms with Gasteiger partial charge in [0.25, 0.3) is 0 Å². The minimum Gasteiger partial charge on any atom is -0.481 e. The number of carboxylic acid groups (broad SMARTS) is 2. The van der Waals surface area contributed by atoms with E-state index in [4.69, 9.17) is 32.5 Å². The van der Waals surface area contributed by atoms with Gasteiger partial charge in [0.15, 0.2) is 5.96 Å². The van der Waals surface area contributed by atoms with E-state index in [1.54, 1.807) is 0 Å². The van der Waals surface area contributed by atoms with E-state index in [1.165, 1.54) is 0 Å². The lowest BCUT2D eigenvalue weighted by atomic mass is 10.1. The van der Waals surface area contributed by atoms with Gasteiger partial charge in [-0.2, -0.15) is 12.6 Å². The van der Waals surface area contributed by atoms with Crippen LogP contribution in [0.4, 0.5) is 0 Å². The number of rotatable bonds is 16. The Hall–Kier alpha value is -3.11. The molecule has 33 heavy (non-hydrogen) atoms. The second-order valence-corrected chi connectivity index (χ2v) is 7.24. The van der Waals surface area contributed by atoms with Crippen molar-refractivity contribution in [1.82, 2.24) is 16.0 Å². The molecule has 0 rings (SSSR count). The zero-order valence-electron chi connectivity index (χ0n) is 17.8. The predicted octanol–water partition coefficient (Wildman–Crippen LogP) is -4.31. The molecule has 0 spiro atoms. The van der Waals surface area contributed by atoms with Gasteiger partial charge in [0.2, 0.25) is 17.7 Å². The molecule has 0 aromatic rings. The Morgan fingerprint density at radius 1 is 0.879 bits per heavy atom. The van der Waals surface area contributed by atoms with Crippen LogP contribution in [0, 0.1) is 0 Å². The number of nitrogens with zero attached hydrogens (tertiary/aromatic N) is 1. The van der Waals surface area contributed by atoms with Crippen LogP contribution in [0.1, 0.15) is 25.7 Å². The van der Waals surface area contributed by atoms with Crippen LogP contribution in [0.25, 0.3) is 0 Å². The highest BCUT2D eigenvalue weighted by atomic mass is 32.1. The summed E-state index contributed by atoms with van der Waals surface area (Å²) in [5.74, 6) is -5.63. The number of carboxylic acids is 2. The number of thiol groups is 1. The van der Waals surface area contributed by atoms with Gasteiger partial charge < -0.3 is 48.5 Å². The molecule has 188 valence electrons. The van der Waals surface area contributed by atoms with Crippen molar-refractivity contribution < 1.29 is 39.3 Å². The van der Waals surface area contributed by atoms with Gasteiger partial charge in [0.1, 0.15) is 18.1 Å². The summed E-state index contributed by atoms with van der Waals surface area (Å²) in [6.07, 6.45) is -0.280. The van der Waals surface area contributed by atoms with Gasteiger partial charge in [0, 0.05) is 18.7 Å². The van der Waals surface area contributed by atoms with Crippen LogP contribution in [0.3, 0.4) is 0 Å². The molecule has 4 atom stereocenters. The molecule has 0 aliphatic rings. The summed E-state index contributed by atoms with van der Waals surface area (Å²) in [6, 6.07) is -5.31. The fourth-order valence-corrected chi connectivity index (χ4v) is 2.65. The second-order valence-electron chi connectivity index (χ2n) is 6.87. The Morgan fingerprint density at radius 3 is 1.91 bits per heavy atom. The molecule has 0 aliphatic heterocycles. The highest BCUT2D eigenvalue weighted by molar-refractivity contribution is 7.80. The van der Waals surface area contributed by atoms with Crippen molar-refractivity contribution in [2.45, 2.75) is 49.9 Å². The van der Waals surface area contributed by atoms with Crippen molar-refractivity contribution >= 4 is 48.2 Å². The third-order valence-corrected chi connectivity index (χ3v) is 4.56. The summed E-state index contributed by atoms with van der Waals surface area (Å²) in [5.41, 5.74) is 16.2. The van der Waals surface area contributed by atoms with Crippen molar-refractivity contribution in [2.75, 3.05) is 18.9 Å². The van der Waals surface area contributed by atoms with Crippen molar-refractivity contribution in [3.63, 3.8) is 0 Å². The number of carbonyl (C=O) groups excluding carboxylic acids is 3. The fraction of sp³-hybridized carbons (Fsp3) is 0.647. The first-order valence-corrected chi connectivity index (χ1v) is 10.4. The van der Waals surface area contributed by atoms with Crippen molar-refractivity contribution in [1.29, 1.82) is 0 Å². The van der Waals surface area contributed by atoms with Gasteiger partial charge >= 0.3 is 11.9 Å². The van der Waals surface area contributed by atoms with Crippen LogP contribution < -0.4 is 33.2 Å². The molecule has 12 N–H and O–H groups in total. The molecule has 0 radical (unpaired) electrons. The van der Waals surface area contributed by atoms with E-state index in [1.807, 2.05) is 5.32 Å². The van der Waals surface area contributed by atoms with Crippen LogP contribution >= 0.6 is 12.6 Å². The number of aliphatic imine (C=N–C) groups is 1. The maximum atomic E-state index is 12.6. The normalized spacial score (nSPS) is 14.2. The maximum absolute atomic E-state index is 12.6. The third-order valence-electron chi connectivity index (χ3n) is 4.20. The Balaban J connectivity index is 5.10. The molecule has 0 aromatic heterocycles. The molecule has 0 saturated carbocycles. The Morgan fingerprint density at radius 2 is 1.42 bits per heavy atom. The number of guanidine groups is 1. The first-order valence-electron chi connectivity index (χ1n) is 9.81. The van der Waals surface area contributed by atoms with Gasteiger partial charge in [-0.15, -0.1) is 0 Å². The second kappa shape index (κ2) is 15.7. The number of amides is 3. The number of aliphatic hydroxyl groups excluding tert-OH is 1. The van der Waals surface area contributed by atoms with E-state index in [0.29, 0.717) is 6.42 Å². The van der Waals surface area contributed by atoms with Crippen LogP contribution in [-0.2, 0) is 24.0 Å². The number of aliphatic carboxylic acids is 2. The first kappa shape index (κ1) is 29.9. The van der Waals surface area contributed by atoms with Crippen molar-refractivity contribution in [3.8, 4) is 0 Å². The SMILES string of the molecule is NC(N)=NCCCC(N)C(=O)NC(CS)C(=O)NC(CCC(=O)O)C(=O)NC(CO)C(=O)O. The molecule has 3 amide bonds. The maximum Gasteiger partial charge on any atom is 0.328 e. The average Bonchev–Trinajstić information content (AvgIpc) is 2.74. The number of carbonyl (C=O) groups is 5. The zero-order valence-corrected chi connectivity index (χ0v) is 18.7. The highest BCUT2D eigenvalue weighted by Gasteiger charge is 2.30. The monoisotopic (exact) mass is 493 g/mol. The molecule has 0 bridgehead atoms. The zero-order chi connectivity index (χ0) is 25.6. The predicted molar refractivity (Wildman–Crippen MR) is 119 cm³/mol. The molecule has 0 aromatic carbocycles. The Bertz CT molecular complexity index is 732. The molecule has 16 heteroatoms. The molecular formula is C17H31N7O8S. The summed E-state index contributed by atoms with van der Waals surface area (Å²) in [4.78, 5) is 62.8. The van der Waals surface area contributed by atoms with E-state index in [2.05, 4.69) is 28.3 Å². The molecule has 0 aliphatic carbocycles. The minimum absolute atomic E-state index is 0.102. The van der Waals surface area contributed by atoms with Gasteiger partial charge in [-0.1, -0.05) is 0 Å². The summed E-state index contributed by atoms with van der Waals surface area (Å²) in [7, 11) is 0. The lowest BCUT2D eigenvalue weighted by Gasteiger charge is -2.24. The third kappa shape index (κ3) is 12.5. The summed E-state index contributed by atoms with van der Waals surface area (Å²) >= 11 is 4.00. The summed E-state index contributed by atoms with van der Waals surface area (Å²) < 4.78 is 0. The number of hydrogen-bond donors (Lipinski definition) is 10. The Labute approximate surface area is 194 Å². The summed E-state index contributed by atoms with van der Waals surface area (Å²) in [6.45, 7) is -0.664. The molecule has 4 unspecified atom stereocenters. The summed E-state index contributed by atoms with van der Waals surface area (Å²) in [5, 5.41) is 33.5. The van der Waals surface area contributed by atoms with Crippen LogP contribution in [0.15, 0.2) is 4.99 Å². The number of hydrogen-bond acceptors (Lipinski definition) is 9. The van der Waals surface area contributed by atoms with E-state index in [-0.39, 0.29) is 31.1 Å². The van der Waals surface area contributed by atoms with Crippen molar-refractivity contribution in [3.05, 3.63) is 0 Å². The van der Waals surface area contributed by atoms with E-state index >= 15 is 0 Å². The van der Waals surface area contributed by atoms with Gasteiger partial charge in [0.05, 0.1) is 12.6 Å². The van der Waals surface area contributed by atoms with Crippen LogP contribution in [-0.4, -0.2) is 94.0 Å². The largest absolute Gasteiger partial charge is 0.481 e. The van der Waals surface area contributed by atoms with E-state index < -0.39 is 66.9 Å². The molecule has 0 heterocycles. The van der Waals surface area contributed by atoms with E-state index in [9.17, 15) is 24.0 Å². The molecule has 0 saturated heterocycles. The highest BCUT2D eigenvalue weighted by Crippen LogP contribution is 2.02. The molecule has 0 fully saturated rings. The van der Waals surface area contributed by atoms with Crippen LogP contribution in [0.5, 0.6) is 0 Å². The minimum atomic E-state index is -1.65. The first-order chi connectivity index (χ1) is 15.4. The van der Waals surface area contributed by atoms with Gasteiger partial charge in [-0.05, 0) is 19.3 Å². The molecule has 15 nitrogen and oxygen atoms in total. The van der Waals surface area contributed by atoms with Crippen LogP contribution in [0.2, 0.25) is 0 Å².